The zero-order valence-electron chi connectivity index (χ0n) is 7.00. The van der Waals surface area contributed by atoms with E-state index in [0.29, 0.717) is 0 Å². The lowest BCUT2D eigenvalue weighted by molar-refractivity contribution is -0.139. The standard InChI is InChI=1S/C8H11NO2S/c1-5-3-4-12-7(5)6(9-2)8(10)11/h3-4,6,9H,1-2H3,(H,10,11). The summed E-state index contributed by atoms with van der Waals surface area (Å²) in [6, 6.07) is 1.36. The Morgan fingerprint density at radius 2 is 2.42 bits per heavy atom. The molecule has 0 aliphatic heterocycles. The van der Waals surface area contributed by atoms with Crippen molar-refractivity contribution < 1.29 is 9.90 Å². The van der Waals surface area contributed by atoms with E-state index in [2.05, 4.69) is 5.32 Å². The molecule has 12 heavy (non-hydrogen) atoms. The van der Waals surface area contributed by atoms with Crippen LogP contribution in [0.5, 0.6) is 0 Å². The van der Waals surface area contributed by atoms with E-state index in [4.69, 9.17) is 5.11 Å². The predicted octanol–water partition coefficient (Wildman–Crippen LogP) is 1.40. The van der Waals surface area contributed by atoms with Crippen molar-refractivity contribution in [1.29, 1.82) is 0 Å². The largest absolute Gasteiger partial charge is 0.480 e. The molecule has 4 heteroatoms. The summed E-state index contributed by atoms with van der Waals surface area (Å²) in [7, 11) is 1.65. The van der Waals surface area contributed by atoms with Crippen molar-refractivity contribution in [2.24, 2.45) is 0 Å². The summed E-state index contributed by atoms with van der Waals surface area (Å²) in [5, 5.41) is 13.5. The maximum atomic E-state index is 10.7. The molecule has 0 radical (unpaired) electrons. The Labute approximate surface area is 75.0 Å². The summed E-state index contributed by atoms with van der Waals surface area (Å²) >= 11 is 1.47. The van der Waals surface area contributed by atoms with Crippen molar-refractivity contribution in [1.82, 2.24) is 5.32 Å². The van der Waals surface area contributed by atoms with Crippen molar-refractivity contribution >= 4 is 17.3 Å². The SMILES string of the molecule is CNC(C(=O)O)c1sccc1C. The molecule has 66 valence electrons. The normalized spacial score (nSPS) is 12.8. The van der Waals surface area contributed by atoms with Crippen LogP contribution >= 0.6 is 11.3 Å². The van der Waals surface area contributed by atoms with Crippen molar-refractivity contribution in [3.05, 3.63) is 21.9 Å². The first-order valence-electron chi connectivity index (χ1n) is 3.61. The summed E-state index contributed by atoms with van der Waals surface area (Å²) in [5.74, 6) is -0.831. The van der Waals surface area contributed by atoms with Crippen LogP contribution in [-0.2, 0) is 4.79 Å². The van der Waals surface area contributed by atoms with Gasteiger partial charge in [-0.2, -0.15) is 0 Å². The molecule has 1 unspecified atom stereocenters. The molecule has 3 nitrogen and oxygen atoms in total. The maximum absolute atomic E-state index is 10.7. The highest BCUT2D eigenvalue weighted by Crippen LogP contribution is 2.23. The van der Waals surface area contributed by atoms with Gasteiger partial charge >= 0.3 is 5.97 Å². The minimum absolute atomic E-state index is 0.565. The minimum atomic E-state index is -0.831. The highest BCUT2D eigenvalue weighted by Gasteiger charge is 2.19. The number of carbonyl (C=O) groups is 1. The predicted molar refractivity (Wildman–Crippen MR) is 48.5 cm³/mol. The van der Waals surface area contributed by atoms with Gasteiger partial charge in [-0.05, 0) is 31.0 Å². The van der Waals surface area contributed by atoms with Gasteiger partial charge in [0, 0.05) is 4.88 Å². The smallest absolute Gasteiger partial charge is 0.326 e. The fourth-order valence-electron chi connectivity index (χ4n) is 1.05. The first-order valence-corrected chi connectivity index (χ1v) is 4.49. The number of nitrogens with one attached hydrogen (secondary N) is 1. The fraction of sp³-hybridized carbons (Fsp3) is 0.375. The molecule has 0 saturated heterocycles. The Morgan fingerprint density at radius 3 is 2.75 bits per heavy atom. The molecule has 0 amide bonds. The van der Waals surface area contributed by atoms with E-state index in [0.717, 1.165) is 10.4 Å². The lowest BCUT2D eigenvalue weighted by atomic mass is 10.2. The van der Waals surface area contributed by atoms with E-state index in [1.165, 1.54) is 11.3 Å². The van der Waals surface area contributed by atoms with E-state index in [1.807, 2.05) is 18.4 Å². The molecule has 0 aliphatic carbocycles. The van der Waals surface area contributed by atoms with Crippen LogP contribution in [0.1, 0.15) is 16.5 Å². The molecular formula is C8H11NO2S. The number of carboxylic acids is 1. The molecule has 0 bridgehead atoms. The summed E-state index contributed by atoms with van der Waals surface area (Å²) in [5.41, 5.74) is 1.03. The number of likely N-dealkylation sites (N-methyl/N-ethyl adjacent to an activating group) is 1. The number of hydrogen-bond acceptors (Lipinski definition) is 3. The summed E-state index contributed by atoms with van der Waals surface area (Å²) in [4.78, 5) is 11.6. The Balaban J connectivity index is 2.94. The Bertz CT molecular complexity index is 282. The van der Waals surface area contributed by atoms with Gasteiger partial charge in [-0.25, -0.2) is 0 Å². The van der Waals surface area contributed by atoms with Gasteiger partial charge in [0.25, 0.3) is 0 Å². The Kier molecular flexibility index (Phi) is 2.83. The second-order valence-corrected chi connectivity index (χ2v) is 3.48. The van der Waals surface area contributed by atoms with E-state index in [-0.39, 0.29) is 0 Å². The third kappa shape index (κ3) is 1.65. The van der Waals surface area contributed by atoms with Gasteiger partial charge in [0.05, 0.1) is 0 Å². The number of thiophene rings is 1. The first kappa shape index (κ1) is 9.22. The Hall–Kier alpha value is -0.870. The van der Waals surface area contributed by atoms with Gasteiger partial charge in [0.15, 0.2) is 0 Å². The summed E-state index contributed by atoms with van der Waals surface area (Å²) < 4.78 is 0. The van der Waals surface area contributed by atoms with Crippen molar-refractivity contribution in [3.63, 3.8) is 0 Å². The molecule has 0 aromatic carbocycles. The molecule has 1 aromatic heterocycles. The summed E-state index contributed by atoms with van der Waals surface area (Å²) in [6.07, 6.45) is 0. The first-order chi connectivity index (χ1) is 5.66. The number of aliphatic carboxylic acids is 1. The highest BCUT2D eigenvalue weighted by atomic mass is 32.1. The second kappa shape index (κ2) is 3.69. The number of aryl methyl sites for hydroxylation is 1. The van der Waals surface area contributed by atoms with Gasteiger partial charge in [-0.3, -0.25) is 4.79 Å². The molecule has 0 spiro atoms. The molecular weight excluding hydrogens is 174 g/mol. The zero-order valence-corrected chi connectivity index (χ0v) is 7.81. The lowest BCUT2D eigenvalue weighted by Crippen LogP contribution is -2.24. The molecule has 2 N–H and O–H groups in total. The van der Waals surface area contributed by atoms with Crippen LogP contribution in [0.25, 0.3) is 0 Å². The number of rotatable bonds is 3. The maximum Gasteiger partial charge on any atom is 0.326 e. The Morgan fingerprint density at radius 1 is 1.75 bits per heavy atom. The average molecular weight is 185 g/mol. The van der Waals surface area contributed by atoms with Gasteiger partial charge < -0.3 is 10.4 Å². The van der Waals surface area contributed by atoms with Crippen LogP contribution in [0.2, 0.25) is 0 Å². The van der Waals surface area contributed by atoms with Gasteiger partial charge in [0.1, 0.15) is 6.04 Å². The third-order valence-corrected chi connectivity index (χ3v) is 2.78. The lowest BCUT2D eigenvalue weighted by Gasteiger charge is -2.09. The van der Waals surface area contributed by atoms with Crippen LogP contribution in [0, 0.1) is 6.92 Å². The monoisotopic (exact) mass is 185 g/mol. The molecule has 1 aromatic rings. The van der Waals surface area contributed by atoms with Crippen LogP contribution in [0.4, 0.5) is 0 Å². The molecule has 0 aliphatic rings. The van der Waals surface area contributed by atoms with E-state index in [1.54, 1.807) is 7.05 Å². The number of carboxylic acid groups (broad SMARTS) is 1. The van der Waals surface area contributed by atoms with Crippen LogP contribution in [0.3, 0.4) is 0 Å². The quantitative estimate of drug-likeness (QED) is 0.748. The van der Waals surface area contributed by atoms with Crippen molar-refractivity contribution in [3.8, 4) is 0 Å². The topological polar surface area (TPSA) is 49.3 Å². The molecule has 1 atom stereocenters. The van der Waals surface area contributed by atoms with Crippen LogP contribution in [-0.4, -0.2) is 18.1 Å². The van der Waals surface area contributed by atoms with Gasteiger partial charge in [0.2, 0.25) is 0 Å². The van der Waals surface area contributed by atoms with E-state index < -0.39 is 12.0 Å². The van der Waals surface area contributed by atoms with Crippen LogP contribution < -0.4 is 5.32 Å². The summed E-state index contributed by atoms with van der Waals surface area (Å²) in [6.45, 7) is 1.92. The molecule has 1 heterocycles. The average Bonchev–Trinajstić information content (AvgIpc) is 2.38. The van der Waals surface area contributed by atoms with Crippen LogP contribution in [0.15, 0.2) is 11.4 Å². The highest BCUT2D eigenvalue weighted by molar-refractivity contribution is 7.10. The fourth-order valence-corrected chi connectivity index (χ4v) is 2.07. The molecule has 0 fully saturated rings. The van der Waals surface area contributed by atoms with Crippen molar-refractivity contribution in [2.45, 2.75) is 13.0 Å². The third-order valence-electron chi connectivity index (χ3n) is 1.70. The van der Waals surface area contributed by atoms with E-state index in [9.17, 15) is 4.79 Å². The molecule has 1 rings (SSSR count). The number of hydrogen-bond donors (Lipinski definition) is 2. The zero-order chi connectivity index (χ0) is 9.14. The van der Waals surface area contributed by atoms with Crippen molar-refractivity contribution in [2.75, 3.05) is 7.05 Å². The second-order valence-electron chi connectivity index (χ2n) is 2.53. The van der Waals surface area contributed by atoms with Gasteiger partial charge in [-0.15, -0.1) is 11.3 Å². The van der Waals surface area contributed by atoms with Gasteiger partial charge in [-0.1, -0.05) is 0 Å². The minimum Gasteiger partial charge on any atom is -0.480 e. The molecule has 0 saturated carbocycles. The van der Waals surface area contributed by atoms with E-state index >= 15 is 0 Å².